The van der Waals surface area contributed by atoms with Gasteiger partial charge in [-0.25, -0.2) is 9.59 Å². The van der Waals surface area contributed by atoms with Crippen LogP contribution in [0.1, 0.15) is 16.8 Å². The molecule has 94 valence electrons. The Labute approximate surface area is 103 Å². The average molecular weight is 249 g/mol. The van der Waals surface area contributed by atoms with Gasteiger partial charge in [0.25, 0.3) is 0 Å². The number of carbonyl (C=O) groups excluding carboxylic acids is 3. The van der Waals surface area contributed by atoms with Gasteiger partial charge in [-0.2, -0.15) is 0 Å². The summed E-state index contributed by atoms with van der Waals surface area (Å²) in [5.74, 6) is -0.842. The van der Waals surface area contributed by atoms with E-state index in [2.05, 4.69) is 15.0 Å². The summed E-state index contributed by atoms with van der Waals surface area (Å²) in [4.78, 5) is 39.2. The Kier molecular flexibility index (Phi) is 3.22. The van der Waals surface area contributed by atoms with Gasteiger partial charge in [-0.1, -0.05) is 0 Å². The molecule has 0 radical (unpaired) electrons. The third kappa shape index (κ3) is 2.29. The summed E-state index contributed by atoms with van der Waals surface area (Å²) in [5.41, 5.74) is 0.697. The number of esters is 1. The van der Waals surface area contributed by atoms with Gasteiger partial charge in [0, 0.05) is 19.2 Å². The standard InChI is InChI=1S/C11H11N3O4/c1-18-10(16)7-4-8(6-12-5-7)14-3-2-9(15)13-11(14)17/h4-6H,2-3H2,1H3,(H,13,15,17). The van der Waals surface area contributed by atoms with Crippen molar-refractivity contribution in [3.63, 3.8) is 0 Å². The number of amides is 3. The molecule has 1 N–H and O–H groups in total. The molecule has 0 aromatic carbocycles. The minimum Gasteiger partial charge on any atom is -0.465 e. The lowest BCUT2D eigenvalue weighted by atomic mass is 10.2. The normalized spacial score (nSPS) is 15.3. The van der Waals surface area contributed by atoms with Crippen molar-refractivity contribution in [3.05, 3.63) is 24.0 Å². The summed E-state index contributed by atoms with van der Waals surface area (Å²) in [6.45, 7) is 0.261. The van der Waals surface area contributed by atoms with Crippen molar-refractivity contribution in [2.75, 3.05) is 18.6 Å². The molecule has 0 atom stereocenters. The lowest BCUT2D eigenvalue weighted by Crippen LogP contribution is -2.49. The average Bonchev–Trinajstić information content (AvgIpc) is 2.38. The molecule has 1 aromatic heterocycles. The first-order valence-electron chi connectivity index (χ1n) is 5.26. The van der Waals surface area contributed by atoms with Crippen LogP contribution in [0.2, 0.25) is 0 Å². The topological polar surface area (TPSA) is 88.6 Å². The Balaban J connectivity index is 2.25. The fraction of sp³-hybridized carbons (Fsp3) is 0.273. The SMILES string of the molecule is COC(=O)c1cncc(N2CCC(=O)NC2=O)c1. The molecule has 1 saturated heterocycles. The van der Waals surface area contributed by atoms with Crippen molar-refractivity contribution >= 4 is 23.6 Å². The zero-order valence-electron chi connectivity index (χ0n) is 9.67. The van der Waals surface area contributed by atoms with E-state index in [-0.39, 0.29) is 24.4 Å². The number of pyridine rings is 1. The highest BCUT2D eigenvalue weighted by Gasteiger charge is 2.24. The Bertz CT molecular complexity index is 515. The number of rotatable bonds is 2. The van der Waals surface area contributed by atoms with Crippen LogP contribution in [0.5, 0.6) is 0 Å². The van der Waals surface area contributed by atoms with Gasteiger partial charge < -0.3 is 4.74 Å². The van der Waals surface area contributed by atoms with Crippen molar-refractivity contribution in [2.45, 2.75) is 6.42 Å². The molecule has 3 amide bonds. The van der Waals surface area contributed by atoms with E-state index in [0.717, 1.165) is 0 Å². The Morgan fingerprint density at radius 1 is 1.44 bits per heavy atom. The van der Waals surface area contributed by atoms with Gasteiger partial charge in [0.1, 0.15) is 0 Å². The lowest BCUT2D eigenvalue weighted by Gasteiger charge is -2.26. The van der Waals surface area contributed by atoms with E-state index in [0.29, 0.717) is 5.69 Å². The van der Waals surface area contributed by atoms with E-state index in [4.69, 9.17) is 0 Å². The molecule has 1 aromatic rings. The number of carbonyl (C=O) groups is 3. The van der Waals surface area contributed by atoms with Crippen molar-refractivity contribution in [2.24, 2.45) is 0 Å². The molecule has 0 spiro atoms. The number of hydrogen-bond donors (Lipinski definition) is 1. The number of methoxy groups -OCH3 is 1. The maximum atomic E-state index is 11.6. The van der Waals surface area contributed by atoms with Crippen molar-refractivity contribution in [1.29, 1.82) is 0 Å². The zero-order valence-corrected chi connectivity index (χ0v) is 9.67. The van der Waals surface area contributed by atoms with Crippen molar-refractivity contribution in [1.82, 2.24) is 10.3 Å². The first kappa shape index (κ1) is 12.0. The largest absolute Gasteiger partial charge is 0.465 e. The molecule has 0 aliphatic carbocycles. The monoisotopic (exact) mass is 249 g/mol. The maximum Gasteiger partial charge on any atom is 0.339 e. The molecule has 1 fully saturated rings. The van der Waals surface area contributed by atoms with Crippen LogP contribution in [0.15, 0.2) is 18.5 Å². The molecule has 18 heavy (non-hydrogen) atoms. The number of urea groups is 1. The molecule has 2 rings (SSSR count). The molecular formula is C11H11N3O4. The van der Waals surface area contributed by atoms with Gasteiger partial charge in [0.2, 0.25) is 5.91 Å². The van der Waals surface area contributed by atoms with E-state index < -0.39 is 12.0 Å². The number of nitrogens with zero attached hydrogens (tertiary/aromatic N) is 2. The van der Waals surface area contributed by atoms with E-state index in [1.54, 1.807) is 0 Å². The zero-order chi connectivity index (χ0) is 13.1. The van der Waals surface area contributed by atoms with Crippen LogP contribution in [0.3, 0.4) is 0 Å². The highest BCUT2D eigenvalue weighted by Crippen LogP contribution is 2.17. The number of nitrogens with one attached hydrogen (secondary N) is 1. The first-order chi connectivity index (χ1) is 8.61. The highest BCUT2D eigenvalue weighted by atomic mass is 16.5. The smallest absolute Gasteiger partial charge is 0.339 e. The van der Waals surface area contributed by atoms with Crippen molar-refractivity contribution < 1.29 is 19.1 Å². The van der Waals surface area contributed by atoms with Crippen molar-refractivity contribution in [3.8, 4) is 0 Å². The Morgan fingerprint density at radius 2 is 2.22 bits per heavy atom. The second kappa shape index (κ2) is 4.82. The van der Waals surface area contributed by atoms with E-state index in [1.165, 1.54) is 30.5 Å². The van der Waals surface area contributed by atoms with Crippen LogP contribution in [-0.4, -0.2) is 36.5 Å². The summed E-state index contributed by atoms with van der Waals surface area (Å²) in [7, 11) is 1.27. The summed E-state index contributed by atoms with van der Waals surface area (Å²) in [6.07, 6.45) is 3.01. The minimum absolute atomic E-state index is 0.216. The van der Waals surface area contributed by atoms with Gasteiger partial charge in [-0.05, 0) is 6.07 Å². The van der Waals surface area contributed by atoms with Gasteiger partial charge >= 0.3 is 12.0 Å². The van der Waals surface area contributed by atoms with Crippen LogP contribution in [-0.2, 0) is 9.53 Å². The second-order valence-electron chi connectivity index (χ2n) is 3.68. The summed E-state index contributed by atoms with van der Waals surface area (Å²) < 4.78 is 4.57. The predicted octanol–water partition coefficient (Wildman–Crippen LogP) is 0.314. The fourth-order valence-electron chi connectivity index (χ4n) is 1.62. The summed E-state index contributed by atoms with van der Waals surface area (Å²) >= 11 is 0. The van der Waals surface area contributed by atoms with Crippen LogP contribution in [0, 0.1) is 0 Å². The molecule has 0 saturated carbocycles. The molecule has 0 unspecified atom stereocenters. The highest BCUT2D eigenvalue weighted by molar-refractivity contribution is 6.05. The Morgan fingerprint density at radius 3 is 2.89 bits per heavy atom. The maximum absolute atomic E-state index is 11.6. The molecular weight excluding hydrogens is 238 g/mol. The molecule has 0 bridgehead atoms. The molecule has 7 heteroatoms. The lowest BCUT2D eigenvalue weighted by molar-refractivity contribution is -0.120. The summed E-state index contributed by atoms with van der Waals surface area (Å²) in [6, 6.07) is 0.976. The van der Waals surface area contributed by atoms with Crippen LogP contribution in [0.25, 0.3) is 0 Å². The number of anilines is 1. The molecule has 2 heterocycles. The molecule has 1 aliphatic heterocycles. The van der Waals surface area contributed by atoms with Gasteiger partial charge in [-0.15, -0.1) is 0 Å². The van der Waals surface area contributed by atoms with Crippen LogP contribution in [0.4, 0.5) is 10.5 Å². The minimum atomic E-state index is -0.530. The number of ether oxygens (including phenoxy) is 1. The van der Waals surface area contributed by atoms with Gasteiger partial charge in [0.15, 0.2) is 0 Å². The van der Waals surface area contributed by atoms with E-state index in [9.17, 15) is 14.4 Å². The third-order valence-corrected chi connectivity index (χ3v) is 2.51. The van der Waals surface area contributed by atoms with Gasteiger partial charge in [-0.3, -0.25) is 20.0 Å². The quantitative estimate of drug-likeness (QED) is 0.762. The number of hydrogen-bond acceptors (Lipinski definition) is 5. The first-order valence-corrected chi connectivity index (χ1v) is 5.26. The number of imide groups is 1. The third-order valence-electron chi connectivity index (χ3n) is 2.51. The van der Waals surface area contributed by atoms with E-state index in [1.807, 2.05) is 0 Å². The van der Waals surface area contributed by atoms with Crippen LogP contribution < -0.4 is 10.2 Å². The fourth-order valence-corrected chi connectivity index (χ4v) is 1.62. The molecule has 1 aliphatic rings. The second-order valence-corrected chi connectivity index (χ2v) is 3.68. The summed E-state index contributed by atoms with van der Waals surface area (Å²) in [5, 5.41) is 2.19. The Hall–Kier alpha value is -2.44. The van der Waals surface area contributed by atoms with E-state index >= 15 is 0 Å². The van der Waals surface area contributed by atoms with Gasteiger partial charge in [0.05, 0.1) is 24.6 Å². The van der Waals surface area contributed by atoms with Crippen LogP contribution >= 0.6 is 0 Å². The predicted molar refractivity (Wildman–Crippen MR) is 61.1 cm³/mol. The number of aromatic nitrogens is 1. The molecule has 7 nitrogen and oxygen atoms in total.